The van der Waals surface area contributed by atoms with Crippen molar-refractivity contribution in [3.63, 3.8) is 0 Å². The Kier molecular flexibility index (Phi) is 7.72. The van der Waals surface area contributed by atoms with Gasteiger partial charge in [0.05, 0.1) is 23.9 Å². The number of carboxylic acid groups (broad SMARTS) is 1. The summed E-state index contributed by atoms with van der Waals surface area (Å²) in [6.07, 6.45) is 1.42. The van der Waals surface area contributed by atoms with E-state index < -0.39 is 18.5 Å². The zero-order valence-electron chi connectivity index (χ0n) is 17.4. The van der Waals surface area contributed by atoms with Gasteiger partial charge in [-0.2, -0.15) is 5.10 Å². The fourth-order valence-corrected chi connectivity index (χ4v) is 3.38. The molecule has 0 saturated carbocycles. The molecule has 10 heteroatoms. The highest BCUT2D eigenvalue weighted by molar-refractivity contribution is 9.10. The third-order valence-corrected chi connectivity index (χ3v) is 4.66. The molecule has 0 aliphatic rings. The molecule has 3 aromatic rings. The Morgan fingerprint density at radius 2 is 1.91 bits per heavy atom. The molecule has 1 heterocycles. The first-order chi connectivity index (χ1) is 15.4. The maximum atomic E-state index is 12.4. The van der Waals surface area contributed by atoms with Crippen LogP contribution in [0, 0.1) is 0 Å². The Labute approximate surface area is 192 Å². The van der Waals surface area contributed by atoms with Crippen molar-refractivity contribution in [2.75, 3.05) is 19.8 Å². The first kappa shape index (κ1) is 23.1. The highest BCUT2D eigenvalue weighted by Gasteiger charge is 2.14. The summed E-state index contributed by atoms with van der Waals surface area (Å²) < 4.78 is 22.3. The summed E-state index contributed by atoms with van der Waals surface area (Å²) in [6.45, 7) is 4.07. The van der Waals surface area contributed by atoms with Gasteiger partial charge in [0.15, 0.2) is 23.9 Å². The standard InChI is InChI=1S/C22H21BrN2O7/c1-3-29-15-5-6-17-14(9-15)10-19(32-17)22(28)25-24-11-13-7-16(23)21(31-12-20(26)27)18(8-13)30-4-2/h5-11H,3-4,12H2,1-2H3,(H,25,28)(H,26,27)/b24-11+. The number of aliphatic carboxylic acids is 1. The molecule has 0 saturated heterocycles. The third-order valence-electron chi connectivity index (χ3n) is 4.07. The van der Waals surface area contributed by atoms with Gasteiger partial charge in [-0.25, -0.2) is 10.2 Å². The van der Waals surface area contributed by atoms with Crippen LogP contribution in [0.25, 0.3) is 11.0 Å². The minimum Gasteiger partial charge on any atom is -0.494 e. The smallest absolute Gasteiger partial charge is 0.341 e. The second kappa shape index (κ2) is 10.7. The molecule has 168 valence electrons. The number of rotatable bonds is 10. The van der Waals surface area contributed by atoms with Crippen molar-refractivity contribution in [3.8, 4) is 17.2 Å². The van der Waals surface area contributed by atoms with Crippen LogP contribution in [0.15, 0.2) is 50.4 Å². The van der Waals surface area contributed by atoms with Crippen LogP contribution in [0.4, 0.5) is 0 Å². The number of carbonyl (C=O) groups is 2. The number of carbonyl (C=O) groups excluding carboxylic acids is 1. The number of furan rings is 1. The van der Waals surface area contributed by atoms with E-state index in [4.69, 9.17) is 23.7 Å². The molecule has 3 rings (SSSR count). The number of hydrazone groups is 1. The number of nitrogens with one attached hydrogen (secondary N) is 1. The largest absolute Gasteiger partial charge is 0.494 e. The zero-order valence-corrected chi connectivity index (χ0v) is 19.0. The Morgan fingerprint density at radius 1 is 1.12 bits per heavy atom. The van der Waals surface area contributed by atoms with Crippen molar-refractivity contribution in [3.05, 3.63) is 52.2 Å². The van der Waals surface area contributed by atoms with E-state index in [1.807, 2.05) is 6.92 Å². The predicted octanol–water partition coefficient (Wildman–Crippen LogP) is 4.22. The second-order valence-electron chi connectivity index (χ2n) is 6.39. The Balaban J connectivity index is 1.72. The van der Waals surface area contributed by atoms with Gasteiger partial charge in [-0.15, -0.1) is 0 Å². The van der Waals surface area contributed by atoms with Gasteiger partial charge in [-0.05, 0) is 71.7 Å². The summed E-state index contributed by atoms with van der Waals surface area (Å²) in [5.74, 6) is -0.201. The number of hydrogen-bond donors (Lipinski definition) is 2. The highest BCUT2D eigenvalue weighted by Crippen LogP contribution is 2.36. The molecular weight excluding hydrogens is 484 g/mol. The molecule has 0 atom stereocenters. The van der Waals surface area contributed by atoms with Gasteiger partial charge in [0, 0.05) is 5.39 Å². The van der Waals surface area contributed by atoms with Crippen molar-refractivity contribution in [2.24, 2.45) is 5.10 Å². The number of nitrogens with zero attached hydrogens (tertiary/aromatic N) is 1. The van der Waals surface area contributed by atoms with Gasteiger partial charge in [0.2, 0.25) is 0 Å². The number of benzene rings is 2. The molecule has 0 radical (unpaired) electrons. The van der Waals surface area contributed by atoms with Gasteiger partial charge in [0.1, 0.15) is 11.3 Å². The van der Waals surface area contributed by atoms with Crippen LogP contribution >= 0.6 is 15.9 Å². The van der Waals surface area contributed by atoms with Crippen LogP contribution in [0.3, 0.4) is 0 Å². The van der Waals surface area contributed by atoms with E-state index in [1.54, 1.807) is 43.3 Å². The van der Waals surface area contributed by atoms with Gasteiger partial charge in [-0.3, -0.25) is 4.79 Å². The molecular formula is C22H21BrN2O7. The van der Waals surface area contributed by atoms with Gasteiger partial charge in [-0.1, -0.05) is 0 Å². The molecule has 0 unspecified atom stereocenters. The highest BCUT2D eigenvalue weighted by atomic mass is 79.9. The first-order valence-electron chi connectivity index (χ1n) is 9.72. The molecule has 1 aromatic heterocycles. The van der Waals surface area contributed by atoms with Crippen molar-refractivity contribution < 1.29 is 33.3 Å². The summed E-state index contributed by atoms with van der Waals surface area (Å²) in [5, 5.41) is 13.5. The second-order valence-corrected chi connectivity index (χ2v) is 7.24. The molecule has 1 amide bonds. The normalized spacial score (nSPS) is 11.0. The number of hydrogen-bond acceptors (Lipinski definition) is 7. The lowest BCUT2D eigenvalue weighted by Crippen LogP contribution is -2.16. The molecule has 2 aromatic carbocycles. The molecule has 0 fully saturated rings. The fraction of sp³-hybridized carbons (Fsp3) is 0.227. The maximum Gasteiger partial charge on any atom is 0.341 e. The van der Waals surface area contributed by atoms with Crippen LogP contribution in [-0.4, -0.2) is 43.0 Å². The first-order valence-corrected chi connectivity index (χ1v) is 10.5. The zero-order chi connectivity index (χ0) is 23.1. The molecule has 0 bridgehead atoms. The fourth-order valence-electron chi connectivity index (χ4n) is 2.81. The average molecular weight is 505 g/mol. The van der Waals surface area contributed by atoms with E-state index in [1.165, 1.54) is 6.21 Å². The molecule has 32 heavy (non-hydrogen) atoms. The van der Waals surface area contributed by atoms with E-state index >= 15 is 0 Å². The van der Waals surface area contributed by atoms with Crippen LogP contribution < -0.4 is 19.6 Å². The monoisotopic (exact) mass is 504 g/mol. The van der Waals surface area contributed by atoms with Crippen molar-refractivity contribution in [1.82, 2.24) is 5.43 Å². The number of halogens is 1. The predicted molar refractivity (Wildman–Crippen MR) is 121 cm³/mol. The van der Waals surface area contributed by atoms with Crippen LogP contribution in [0.1, 0.15) is 30.0 Å². The van der Waals surface area contributed by atoms with E-state index in [0.717, 1.165) is 5.39 Å². The Morgan fingerprint density at radius 3 is 2.62 bits per heavy atom. The molecule has 0 aliphatic carbocycles. The summed E-state index contributed by atoms with van der Waals surface area (Å²) in [4.78, 5) is 23.2. The molecule has 9 nitrogen and oxygen atoms in total. The summed E-state index contributed by atoms with van der Waals surface area (Å²) >= 11 is 3.34. The minimum atomic E-state index is -1.10. The Bertz CT molecular complexity index is 1160. The SMILES string of the molecule is CCOc1ccc2oc(C(=O)N/N=C/c3cc(Br)c(OCC(=O)O)c(OCC)c3)cc2c1. The molecule has 2 N–H and O–H groups in total. The number of amides is 1. The third kappa shape index (κ3) is 5.79. The number of ether oxygens (including phenoxy) is 3. The minimum absolute atomic E-state index is 0.111. The quantitative estimate of drug-likeness (QED) is 0.313. The van der Waals surface area contributed by atoms with E-state index in [-0.39, 0.29) is 11.5 Å². The lowest BCUT2D eigenvalue weighted by Gasteiger charge is -2.13. The van der Waals surface area contributed by atoms with Crippen LogP contribution in [0.2, 0.25) is 0 Å². The van der Waals surface area contributed by atoms with Crippen molar-refractivity contribution >= 4 is 45.0 Å². The summed E-state index contributed by atoms with van der Waals surface area (Å²) in [5.41, 5.74) is 3.57. The topological polar surface area (TPSA) is 120 Å². The van der Waals surface area contributed by atoms with Crippen LogP contribution in [0.5, 0.6) is 17.2 Å². The van der Waals surface area contributed by atoms with Crippen LogP contribution in [-0.2, 0) is 4.79 Å². The molecule has 0 aliphatic heterocycles. The van der Waals surface area contributed by atoms with E-state index in [2.05, 4.69) is 26.5 Å². The van der Waals surface area contributed by atoms with Gasteiger partial charge in [0.25, 0.3) is 0 Å². The van der Waals surface area contributed by atoms with Crippen molar-refractivity contribution in [2.45, 2.75) is 13.8 Å². The van der Waals surface area contributed by atoms with E-state index in [9.17, 15) is 9.59 Å². The average Bonchev–Trinajstić information content (AvgIpc) is 3.17. The Hall–Kier alpha value is -3.53. The van der Waals surface area contributed by atoms with Crippen molar-refractivity contribution in [1.29, 1.82) is 0 Å². The lowest BCUT2D eigenvalue weighted by atomic mass is 10.2. The number of fused-ring (bicyclic) bond motifs is 1. The summed E-state index contributed by atoms with van der Waals surface area (Å²) in [6, 6.07) is 10.2. The lowest BCUT2D eigenvalue weighted by molar-refractivity contribution is -0.139. The maximum absolute atomic E-state index is 12.4. The summed E-state index contributed by atoms with van der Waals surface area (Å²) in [7, 11) is 0. The van der Waals surface area contributed by atoms with Gasteiger partial charge < -0.3 is 23.7 Å². The number of carboxylic acids is 1. The van der Waals surface area contributed by atoms with E-state index in [0.29, 0.717) is 40.3 Å². The molecule has 0 spiro atoms. The van der Waals surface area contributed by atoms with Gasteiger partial charge >= 0.3 is 11.9 Å².